The van der Waals surface area contributed by atoms with Crippen LogP contribution in [0.3, 0.4) is 0 Å². The average Bonchev–Trinajstić information content (AvgIpc) is 3.36. The van der Waals surface area contributed by atoms with Gasteiger partial charge in [-0.25, -0.2) is 9.78 Å². The molecule has 0 saturated carbocycles. The first kappa shape index (κ1) is 21.5. The summed E-state index contributed by atoms with van der Waals surface area (Å²) in [4.78, 5) is 34.0. The first-order chi connectivity index (χ1) is 17.6. The monoisotopic (exact) mass is 473 g/mol. The number of fused-ring (bicyclic) bond motifs is 2. The van der Waals surface area contributed by atoms with E-state index in [4.69, 9.17) is 8.83 Å². The molecule has 6 aromatic rings. The Morgan fingerprint density at radius 1 is 0.806 bits per heavy atom. The van der Waals surface area contributed by atoms with Gasteiger partial charge in [-0.05, 0) is 59.7 Å². The lowest BCUT2D eigenvalue weighted by molar-refractivity contribution is 0.0951. The van der Waals surface area contributed by atoms with Crippen molar-refractivity contribution in [2.24, 2.45) is 0 Å². The van der Waals surface area contributed by atoms with E-state index in [1.807, 2.05) is 48.5 Å². The number of oxazole rings is 1. The van der Waals surface area contributed by atoms with E-state index in [1.165, 1.54) is 0 Å². The standard InChI is InChI=1S/C29H19N3O4/c33-27(22-7-3-6-20(15-22)23-16-21-5-1-2-8-24(21)36-29(23)34)31-17-18-10-12-19(13-11-18)28-32-26-25(35-28)9-4-14-30-26/h1-16H,17H2,(H,31,33). The van der Waals surface area contributed by atoms with Gasteiger partial charge in [0, 0.05) is 29.3 Å². The first-order valence-corrected chi connectivity index (χ1v) is 11.4. The van der Waals surface area contributed by atoms with Crippen LogP contribution in [-0.4, -0.2) is 15.9 Å². The summed E-state index contributed by atoms with van der Waals surface area (Å²) in [6.07, 6.45) is 1.67. The Balaban J connectivity index is 1.17. The van der Waals surface area contributed by atoms with Crippen LogP contribution in [0.1, 0.15) is 15.9 Å². The molecule has 0 saturated heterocycles. The molecule has 3 heterocycles. The van der Waals surface area contributed by atoms with Crippen LogP contribution in [0.15, 0.2) is 111 Å². The maximum absolute atomic E-state index is 12.8. The number of carbonyl (C=O) groups excluding carboxylic acids is 1. The van der Waals surface area contributed by atoms with Crippen LogP contribution in [0.5, 0.6) is 0 Å². The first-order valence-electron chi connectivity index (χ1n) is 11.4. The lowest BCUT2D eigenvalue weighted by Crippen LogP contribution is -2.22. The SMILES string of the molecule is O=C(NCc1ccc(-c2nc3ncccc3o2)cc1)c1cccc(-c2cc3ccccc3oc2=O)c1. The number of aromatic nitrogens is 2. The van der Waals surface area contributed by atoms with E-state index in [-0.39, 0.29) is 5.91 Å². The van der Waals surface area contributed by atoms with Crippen LogP contribution in [0.25, 0.3) is 44.8 Å². The predicted molar refractivity (Wildman–Crippen MR) is 136 cm³/mol. The third kappa shape index (κ3) is 4.14. The minimum Gasteiger partial charge on any atom is -0.434 e. The Morgan fingerprint density at radius 3 is 2.50 bits per heavy atom. The summed E-state index contributed by atoms with van der Waals surface area (Å²) in [6.45, 7) is 0.344. The number of hydrogen-bond acceptors (Lipinski definition) is 6. The van der Waals surface area contributed by atoms with Gasteiger partial charge in [0.15, 0.2) is 11.2 Å². The zero-order chi connectivity index (χ0) is 24.5. The third-order valence-electron chi connectivity index (χ3n) is 5.90. The molecule has 0 spiro atoms. The summed E-state index contributed by atoms with van der Waals surface area (Å²) in [7, 11) is 0. The van der Waals surface area contributed by atoms with E-state index in [2.05, 4.69) is 15.3 Å². The summed E-state index contributed by atoms with van der Waals surface area (Å²) in [5.74, 6) is 0.255. The molecule has 0 bridgehead atoms. The van der Waals surface area contributed by atoms with E-state index < -0.39 is 5.63 Å². The summed E-state index contributed by atoms with van der Waals surface area (Å²) in [6, 6.07) is 27.3. The molecular formula is C29H19N3O4. The van der Waals surface area contributed by atoms with E-state index >= 15 is 0 Å². The predicted octanol–water partition coefficient (Wildman–Crippen LogP) is 5.59. The molecule has 0 aliphatic heterocycles. The summed E-state index contributed by atoms with van der Waals surface area (Å²) >= 11 is 0. The fraction of sp³-hybridized carbons (Fsp3) is 0.0345. The van der Waals surface area contributed by atoms with Crippen LogP contribution in [0.4, 0.5) is 0 Å². The summed E-state index contributed by atoms with van der Waals surface area (Å²) < 4.78 is 11.2. The second-order valence-corrected chi connectivity index (χ2v) is 8.29. The highest BCUT2D eigenvalue weighted by molar-refractivity contribution is 5.95. The Labute approximate surface area is 205 Å². The number of nitrogens with zero attached hydrogens (tertiary/aromatic N) is 2. The van der Waals surface area contributed by atoms with Gasteiger partial charge in [0.25, 0.3) is 5.91 Å². The Bertz CT molecular complexity index is 1750. The lowest BCUT2D eigenvalue weighted by atomic mass is 10.0. The highest BCUT2D eigenvalue weighted by atomic mass is 16.4. The number of nitrogens with one attached hydrogen (secondary N) is 1. The average molecular weight is 473 g/mol. The van der Waals surface area contributed by atoms with Gasteiger partial charge in [-0.3, -0.25) is 4.79 Å². The third-order valence-corrected chi connectivity index (χ3v) is 5.90. The molecule has 7 nitrogen and oxygen atoms in total. The number of hydrogen-bond donors (Lipinski definition) is 1. The summed E-state index contributed by atoms with van der Waals surface area (Å²) in [5.41, 5.74) is 4.51. The molecule has 1 N–H and O–H groups in total. The molecule has 3 aromatic heterocycles. The maximum atomic E-state index is 12.8. The molecule has 0 aliphatic carbocycles. The minimum absolute atomic E-state index is 0.240. The van der Waals surface area contributed by atoms with Crippen molar-refractivity contribution in [2.75, 3.05) is 0 Å². The van der Waals surface area contributed by atoms with Crippen LogP contribution >= 0.6 is 0 Å². The van der Waals surface area contributed by atoms with Crippen molar-refractivity contribution in [2.45, 2.75) is 6.54 Å². The Kier molecular flexibility index (Phi) is 5.35. The molecule has 0 atom stereocenters. The van der Waals surface area contributed by atoms with E-state index in [9.17, 15) is 9.59 Å². The Hall–Kier alpha value is -5.04. The number of carbonyl (C=O) groups is 1. The number of rotatable bonds is 5. The lowest BCUT2D eigenvalue weighted by Gasteiger charge is -2.08. The van der Waals surface area contributed by atoms with Crippen LogP contribution < -0.4 is 10.9 Å². The second-order valence-electron chi connectivity index (χ2n) is 8.29. The molecule has 6 rings (SSSR count). The van der Waals surface area contributed by atoms with Crippen molar-refractivity contribution in [3.8, 4) is 22.6 Å². The maximum Gasteiger partial charge on any atom is 0.344 e. The molecule has 36 heavy (non-hydrogen) atoms. The molecule has 0 fully saturated rings. The van der Waals surface area contributed by atoms with E-state index in [0.29, 0.717) is 45.9 Å². The van der Waals surface area contributed by atoms with E-state index in [0.717, 1.165) is 16.5 Å². The zero-order valence-electron chi connectivity index (χ0n) is 19.0. The smallest absolute Gasteiger partial charge is 0.344 e. The number of amides is 1. The van der Waals surface area contributed by atoms with E-state index in [1.54, 1.807) is 48.7 Å². The number of benzene rings is 3. The molecule has 0 radical (unpaired) electrons. The fourth-order valence-electron chi connectivity index (χ4n) is 4.03. The number of pyridine rings is 1. The van der Waals surface area contributed by atoms with Gasteiger partial charge >= 0.3 is 5.63 Å². The second kappa shape index (κ2) is 8.96. The number of para-hydroxylation sites is 1. The molecule has 3 aromatic carbocycles. The van der Waals surface area contributed by atoms with Gasteiger partial charge in [-0.1, -0.05) is 42.5 Å². The molecule has 7 heteroatoms. The van der Waals surface area contributed by atoms with Crippen molar-refractivity contribution in [1.29, 1.82) is 0 Å². The van der Waals surface area contributed by atoms with Gasteiger partial charge in [0.05, 0.1) is 5.56 Å². The highest BCUT2D eigenvalue weighted by Gasteiger charge is 2.12. The van der Waals surface area contributed by atoms with Gasteiger partial charge < -0.3 is 14.2 Å². The zero-order valence-corrected chi connectivity index (χ0v) is 19.0. The summed E-state index contributed by atoms with van der Waals surface area (Å²) in [5, 5.41) is 3.75. The van der Waals surface area contributed by atoms with Crippen LogP contribution in [0, 0.1) is 0 Å². The van der Waals surface area contributed by atoms with Gasteiger partial charge in [-0.2, -0.15) is 4.98 Å². The van der Waals surface area contributed by atoms with Crippen molar-refractivity contribution >= 4 is 28.1 Å². The van der Waals surface area contributed by atoms with Crippen molar-refractivity contribution < 1.29 is 13.6 Å². The highest BCUT2D eigenvalue weighted by Crippen LogP contribution is 2.24. The van der Waals surface area contributed by atoms with Gasteiger partial charge in [0.2, 0.25) is 5.89 Å². The quantitative estimate of drug-likeness (QED) is 0.328. The molecule has 174 valence electrons. The van der Waals surface area contributed by atoms with Crippen LogP contribution in [-0.2, 0) is 6.54 Å². The van der Waals surface area contributed by atoms with Crippen molar-refractivity contribution in [3.63, 3.8) is 0 Å². The largest absolute Gasteiger partial charge is 0.434 e. The molecule has 0 unspecified atom stereocenters. The topological polar surface area (TPSA) is 98.2 Å². The van der Waals surface area contributed by atoms with Gasteiger partial charge in [-0.15, -0.1) is 0 Å². The van der Waals surface area contributed by atoms with Gasteiger partial charge in [0.1, 0.15) is 5.58 Å². The normalized spacial score (nSPS) is 11.1. The van der Waals surface area contributed by atoms with Crippen LogP contribution in [0.2, 0.25) is 0 Å². The molecule has 1 amide bonds. The fourth-order valence-corrected chi connectivity index (χ4v) is 4.03. The Morgan fingerprint density at radius 2 is 1.64 bits per heavy atom. The molecule has 0 aliphatic rings. The van der Waals surface area contributed by atoms with Crippen molar-refractivity contribution in [3.05, 3.63) is 119 Å². The minimum atomic E-state index is -0.443. The van der Waals surface area contributed by atoms with Crippen molar-refractivity contribution in [1.82, 2.24) is 15.3 Å². The molecular weight excluding hydrogens is 454 g/mol.